The first-order valence-corrected chi connectivity index (χ1v) is 7.83. The minimum absolute atomic E-state index is 0.247. The van der Waals surface area contributed by atoms with E-state index in [4.69, 9.17) is 17.3 Å². The maximum atomic E-state index is 14.1. The fourth-order valence-corrected chi connectivity index (χ4v) is 4.25. The van der Waals surface area contributed by atoms with Gasteiger partial charge in [-0.1, -0.05) is 41.9 Å². The molecule has 1 nitrogen and oxygen atoms in total. The van der Waals surface area contributed by atoms with Gasteiger partial charge in [0.05, 0.1) is 0 Å². The van der Waals surface area contributed by atoms with Gasteiger partial charge in [0.15, 0.2) is 0 Å². The summed E-state index contributed by atoms with van der Waals surface area (Å²) in [6.07, 6.45) is 2.28. The molecule has 108 valence electrons. The fraction of sp³-hybridized carbons (Fsp3) is 0.333. The van der Waals surface area contributed by atoms with Crippen molar-refractivity contribution in [1.82, 2.24) is 0 Å². The number of fused-ring (bicyclic) bond motifs is 3. The Kier molecular flexibility index (Phi) is 3.05. The lowest BCUT2D eigenvalue weighted by Gasteiger charge is -2.14. The molecule has 2 N–H and O–H groups in total. The number of nitrogens with two attached hydrogens (primary N) is 1. The smallest absolute Gasteiger partial charge is 0.129 e. The minimum Gasteiger partial charge on any atom is -0.324 e. The molecule has 4 unspecified atom stereocenters. The second-order valence-corrected chi connectivity index (χ2v) is 6.63. The molecular formula is C18H17ClFN. The highest BCUT2D eigenvalue weighted by Gasteiger charge is 2.55. The van der Waals surface area contributed by atoms with Crippen LogP contribution in [0.3, 0.4) is 0 Å². The molecule has 0 saturated heterocycles. The van der Waals surface area contributed by atoms with Crippen LogP contribution in [0.15, 0.2) is 42.5 Å². The lowest BCUT2D eigenvalue weighted by Crippen LogP contribution is -2.16. The van der Waals surface area contributed by atoms with E-state index in [1.165, 1.54) is 17.2 Å². The van der Waals surface area contributed by atoms with Gasteiger partial charge in [-0.25, -0.2) is 4.39 Å². The molecule has 1 saturated carbocycles. The van der Waals surface area contributed by atoms with Crippen molar-refractivity contribution in [3.05, 3.63) is 70.0 Å². The summed E-state index contributed by atoms with van der Waals surface area (Å²) in [6, 6.07) is 13.2. The Morgan fingerprint density at radius 3 is 2.81 bits per heavy atom. The maximum Gasteiger partial charge on any atom is 0.129 e. The van der Waals surface area contributed by atoms with Crippen LogP contribution in [0.25, 0.3) is 0 Å². The van der Waals surface area contributed by atoms with Crippen molar-refractivity contribution >= 4 is 11.6 Å². The van der Waals surface area contributed by atoms with Crippen LogP contribution >= 0.6 is 11.6 Å². The van der Waals surface area contributed by atoms with Gasteiger partial charge in [-0.2, -0.15) is 0 Å². The monoisotopic (exact) mass is 301 g/mol. The Hall–Kier alpha value is -1.38. The molecule has 2 aromatic rings. The molecule has 0 aromatic heterocycles. The fourth-order valence-electron chi connectivity index (χ4n) is 4.09. The van der Waals surface area contributed by atoms with Crippen LogP contribution in [0.5, 0.6) is 0 Å². The van der Waals surface area contributed by atoms with Gasteiger partial charge in [-0.3, -0.25) is 0 Å². The zero-order valence-corrected chi connectivity index (χ0v) is 12.4. The van der Waals surface area contributed by atoms with Crippen molar-refractivity contribution in [1.29, 1.82) is 0 Å². The van der Waals surface area contributed by atoms with Crippen molar-refractivity contribution in [3.8, 4) is 0 Å². The van der Waals surface area contributed by atoms with E-state index in [1.54, 1.807) is 12.1 Å². The van der Waals surface area contributed by atoms with Crippen LogP contribution in [-0.4, -0.2) is 0 Å². The number of benzene rings is 2. The maximum absolute atomic E-state index is 14.1. The Bertz CT molecular complexity index is 699. The topological polar surface area (TPSA) is 26.0 Å². The van der Waals surface area contributed by atoms with Crippen LogP contribution in [0.1, 0.15) is 35.1 Å². The van der Waals surface area contributed by atoms with Gasteiger partial charge in [-0.05, 0) is 53.9 Å². The van der Waals surface area contributed by atoms with Gasteiger partial charge in [0.1, 0.15) is 5.82 Å². The van der Waals surface area contributed by atoms with Gasteiger partial charge in [0, 0.05) is 16.6 Å². The Labute approximate surface area is 128 Å². The van der Waals surface area contributed by atoms with E-state index in [0.29, 0.717) is 28.3 Å². The molecule has 4 atom stereocenters. The van der Waals surface area contributed by atoms with Crippen molar-refractivity contribution in [2.24, 2.45) is 17.6 Å². The Balaban J connectivity index is 1.65. The van der Waals surface area contributed by atoms with E-state index in [9.17, 15) is 4.39 Å². The molecule has 3 heteroatoms. The molecule has 0 radical (unpaired) electrons. The van der Waals surface area contributed by atoms with E-state index in [2.05, 4.69) is 24.3 Å². The van der Waals surface area contributed by atoms with E-state index < -0.39 is 0 Å². The molecule has 2 aliphatic rings. The Morgan fingerprint density at radius 1 is 1.19 bits per heavy atom. The number of rotatable bonds is 2. The summed E-state index contributed by atoms with van der Waals surface area (Å²) in [5.74, 6) is 1.17. The number of aryl methyl sites for hydroxylation is 1. The van der Waals surface area contributed by atoms with Crippen LogP contribution in [0.4, 0.5) is 4.39 Å². The molecular weight excluding hydrogens is 285 g/mol. The zero-order chi connectivity index (χ0) is 14.6. The average Bonchev–Trinajstić information content (AvgIpc) is 3.21. The summed E-state index contributed by atoms with van der Waals surface area (Å²) in [5, 5.41) is 0.419. The van der Waals surface area contributed by atoms with Gasteiger partial charge in [0.25, 0.3) is 0 Å². The third kappa shape index (κ3) is 2.09. The second kappa shape index (κ2) is 4.82. The summed E-state index contributed by atoms with van der Waals surface area (Å²) in [7, 11) is 0. The van der Waals surface area contributed by atoms with Crippen LogP contribution in [0.2, 0.25) is 5.02 Å². The molecule has 2 aliphatic carbocycles. The standard InChI is InChI=1S/C18H17ClFN/c19-11-6-8-13(15(20)9-11)18(21)17-14-7-5-10-3-1-2-4-12(10)16(14)17/h1-4,6,8-9,14,16-18H,5,7,21H2. The molecule has 0 spiro atoms. The molecule has 2 aromatic carbocycles. The molecule has 0 aliphatic heterocycles. The van der Waals surface area contributed by atoms with Crippen molar-refractivity contribution < 1.29 is 4.39 Å². The molecule has 1 fully saturated rings. The van der Waals surface area contributed by atoms with Gasteiger partial charge >= 0.3 is 0 Å². The van der Waals surface area contributed by atoms with E-state index in [1.807, 2.05) is 0 Å². The quantitative estimate of drug-likeness (QED) is 0.871. The Morgan fingerprint density at radius 2 is 2.00 bits per heavy atom. The highest BCUT2D eigenvalue weighted by atomic mass is 35.5. The number of hydrogen-bond donors (Lipinski definition) is 1. The van der Waals surface area contributed by atoms with E-state index in [-0.39, 0.29) is 11.9 Å². The minimum atomic E-state index is -0.285. The van der Waals surface area contributed by atoms with Crippen molar-refractivity contribution in [2.45, 2.75) is 24.8 Å². The first kappa shape index (κ1) is 13.3. The third-order valence-corrected chi connectivity index (χ3v) is 5.36. The summed E-state index contributed by atoms with van der Waals surface area (Å²) in [6.45, 7) is 0. The normalized spacial score (nSPS) is 27.7. The first-order valence-electron chi connectivity index (χ1n) is 7.45. The SMILES string of the molecule is NC(c1ccc(Cl)cc1F)C1C2CCc3ccccc3C21. The predicted octanol–water partition coefficient (Wildman–Crippen LogP) is 4.45. The molecule has 0 heterocycles. The summed E-state index contributed by atoms with van der Waals surface area (Å²) in [4.78, 5) is 0. The average molecular weight is 302 g/mol. The van der Waals surface area contributed by atoms with E-state index >= 15 is 0 Å². The van der Waals surface area contributed by atoms with Crippen molar-refractivity contribution in [2.75, 3.05) is 0 Å². The van der Waals surface area contributed by atoms with Crippen LogP contribution < -0.4 is 5.73 Å². The second-order valence-electron chi connectivity index (χ2n) is 6.20. The van der Waals surface area contributed by atoms with Crippen LogP contribution in [-0.2, 0) is 6.42 Å². The predicted molar refractivity (Wildman–Crippen MR) is 82.8 cm³/mol. The highest BCUT2D eigenvalue weighted by Crippen LogP contribution is 2.63. The molecule has 4 rings (SSSR count). The lowest BCUT2D eigenvalue weighted by atomic mass is 9.92. The summed E-state index contributed by atoms with van der Waals surface area (Å²) in [5.41, 5.74) is 9.83. The summed E-state index contributed by atoms with van der Waals surface area (Å²) >= 11 is 5.82. The van der Waals surface area contributed by atoms with Gasteiger partial charge in [-0.15, -0.1) is 0 Å². The van der Waals surface area contributed by atoms with Gasteiger partial charge in [0.2, 0.25) is 0 Å². The number of halogens is 2. The lowest BCUT2D eigenvalue weighted by molar-refractivity contribution is 0.519. The first-order chi connectivity index (χ1) is 10.2. The number of hydrogen-bond acceptors (Lipinski definition) is 1. The molecule has 0 bridgehead atoms. The van der Waals surface area contributed by atoms with E-state index in [0.717, 1.165) is 12.8 Å². The largest absolute Gasteiger partial charge is 0.324 e. The molecule has 21 heavy (non-hydrogen) atoms. The highest BCUT2D eigenvalue weighted by molar-refractivity contribution is 6.30. The summed E-state index contributed by atoms with van der Waals surface area (Å²) < 4.78 is 14.1. The van der Waals surface area contributed by atoms with Crippen molar-refractivity contribution in [3.63, 3.8) is 0 Å². The van der Waals surface area contributed by atoms with Crippen LogP contribution in [0, 0.1) is 17.7 Å². The van der Waals surface area contributed by atoms with Gasteiger partial charge < -0.3 is 5.73 Å². The third-order valence-electron chi connectivity index (χ3n) is 5.13. The molecule has 0 amide bonds. The zero-order valence-electron chi connectivity index (χ0n) is 11.6.